The molecule has 0 unspecified atom stereocenters. The average molecular weight is 236 g/mol. The molecule has 2 aliphatic rings. The molecule has 0 saturated carbocycles. The van der Waals surface area contributed by atoms with E-state index >= 15 is 0 Å². The number of aliphatic hydroxyl groups is 1. The molecule has 2 saturated heterocycles. The van der Waals surface area contributed by atoms with Crippen molar-refractivity contribution in [3.63, 3.8) is 0 Å². The first-order valence-corrected chi connectivity index (χ1v) is 5.47. The van der Waals surface area contributed by atoms with Gasteiger partial charge in [0.05, 0.1) is 5.56 Å². The van der Waals surface area contributed by atoms with E-state index in [1.54, 1.807) is 24.3 Å². The number of esters is 1. The summed E-state index contributed by atoms with van der Waals surface area (Å²) in [6.07, 6.45) is -1.62. The summed E-state index contributed by atoms with van der Waals surface area (Å²) in [5.74, 6) is -0.396. The van der Waals surface area contributed by atoms with Crippen LogP contribution in [0.15, 0.2) is 30.3 Å². The lowest BCUT2D eigenvalue weighted by molar-refractivity contribution is -0.150. The summed E-state index contributed by atoms with van der Waals surface area (Å²) in [5.41, 5.74) is 0.499. The number of hydrogen-bond acceptors (Lipinski definition) is 5. The molecule has 2 aliphatic heterocycles. The Kier molecular flexibility index (Phi) is 2.58. The zero-order valence-corrected chi connectivity index (χ0v) is 8.98. The highest BCUT2D eigenvalue weighted by Gasteiger charge is 2.58. The fraction of sp³-hybridized carbons (Fsp3) is 0.417. The van der Waals surface area contributed by atoms with E-state index in [1.165, 1.54) is 0 Å². The molecule has 0 aliphatic carbocycles. The van der Waals surface area contributed by atoms with Gasteiger partial charge in [0.1, 0.15) is 24.9 Å². The van der Waals surface area contributed by atoms with Crippen LogP contribution in [0, 0.1) is 0 Å². The van der Waals surface area contributed by atoms with Crippen molar-refractivity contribution in [3.8, 4) is 0 Å². The predicted molar refractivity (Wildman–Crippen MR) is 56.3 cm³/mol. The Morgan fingerprint density at radius 1 is 1.24 bits per heavy atom. The lowest BCUT2D eigenvalue weighted by Gasteiger charge is -2.13. The third-order valence-corrected chi connectivity index (χ3v) is 2.91. The number of epoxide rings is 1. The van der Waals surface area contributed by atoms with Gasteiger partial charge in [0.2, 0.25) is 0 Å². The molecule has 1 aromatic rings. The van der Waals surface area contributed by atoms with Crippen LogP contribution in [0.4, 0.5) is 0 Å². The lowest BCUT2D eigenvalue weighted by Crippen LogP contribution is -2.26. The summed E-state index contributed by atoms with van der Waals surface area (Å²) < 4.78 is 15.4. The first-order chi connectivity index (χ1) is 8.25. The van der Waals surface area contributed by atoms with Gasteiger partial charge in [-0.15, -0.1) is 0 Å². The van der Waals surface area contributed by atoms with Gasteiger partial charge in [0.25, 0.3) is 0 Å². The van der Waals surface area contributed by atoms with Crippen LogP contribution in [-0.2, 0) is 14.2 Å². The van der Waals surface area contributed by atoms with Gasteiger partial charge in [-0.05, 0) is 12.1 Å². The first kappa shape index (κ1) is 10.7. The molecule has 2 heterocycles. The van der Waals surface area contributed by atoms with Gasteiger partial charge < -0.3 is 19.3 Å². The number of rotatable bonds is 3. The van der Waals surface area contributed by atoms with E-state index in [9.17, 15) is 9.90 Å². The molecule has 0 bridgehead atoms. The van der Waals surface area contributed by atoms with E-state index in [4.69, 9.17) is 14.2 Å². The van der Waals surface area contributed by atoms with Crippen molar-refractivity contribution >= 4 is 5.97 Å². The van der Waals surface area contributed by atoms with Gasteiger partial charge >= 0.3 is 5.97 Å². The minimum atomic E-state index is -0.888. The molecule has 5 heteroatoms. The monoisotopic (exact) mass is 236 g/mol. The molecule has 0 radical (unpaired) electrons. The smallest absolute Gasteiger partial charge is 0.338 e. The average Bonchev–Trinajstić information content (AvgIpc) is 3.09. The first-order valence-electron chi connectivity index (χ1n) is 5.47. The molecule has 17 heavy (non-hydrogen) atoms. The van der Waals surface area contributed by atoms with Gasteiger partial charge in [0, 0.05) is 0 Å². The Labute approximate surface area is 97.9 Å². The molecule has 3 rings (SSSR count). The number of carbonyl (C=O) groups excluding carboxylic acids is 1. The van der Waals surface area contributed by atoms with Crippen molar-refractivity contribution in [1.82, 2.24) is 0 Å². The van der Waals surface area contributed by atoms with E-state index in [-0.39, 0.29) is 24.9 Å². The van der Waals surface area contributed by atoms with E-state index in [2.05, 4.69) is 0 Å². The maximum Gasteiger partial charge on any atom is 0.338 e. The summed E-state index contributed by atoms with van der Waals surface area (Å²) in [6, 6.07) is 8.74. The normalized spacial score (nSPS) is 34.2. The maximum atomic E-state index is 11.6. The Balaban J connectivity index is 1.53. The van der Waals surface area contributed by atoms with Gasteiger partial charge in [-0.25, -0.2) is 4.79 Å². The zero-order chi connectivity index (χ0) is 11.8. The van der Waals surface area contributed by atoms with E-state index in [1.807, 2.05) is 6.07 Å². The van der Waals surface area contributed by atoms with Crippen LogP contribution in [0.2, 0.25) is 0 Å². The highest BCUT2D eigenvalue weighted by molar-refractivity contribution is 5.89. The summed E-state index contributed by atoms with van der Waals surface area (Å²) >= 11 is 0. The van der Waals surface area contributed by atoms with Crippen LogP contribution in [0.5, 0.6) is 0 Å². The van der Waals surface area contributed by atoms with Crippen molar-refractivity contribution in [2.24, 2.45) is 0 Å². The molecule has 1 N–H and O–H groups in total. The molecular formula is C12H12O5. The van der Waals surface area contributed by atoms with Crippen molar-refractivity contribution in [2.45, 2.75) is 24.6 Å². The summed E-state index contributed by atoms with van der Waals surface area (Å²) in [7, 11) is 0. The zero-order valence-electron chi connectivity index (χ0n) is 8.98. The number of hydrogen-bond donors (Lipinski definition) is 1. The third kappa shape index (κ3) is 2.04. The highest BCUT2D eigenvalue weighted by atomic mass is 16.7. The highest BCUT2D eigenvalue weighted by Crippen LogP contribution is 2.38. The van der Waals surface area contributed by atoms with Crippen molar-refractivity contribution < 1.29 is 24.1 Å². The second kappa shape index (κ2) is 4.10. The predicted octanol–water partition coefficient (Wildman–Crippen LogP) is 0.328. The standard InChI is InChI=1S/C12H12O5/c13-11(7-4-2-1-3-5-7)15-6-8-9-10(17-9)12(14)16-8/h1-5,8-10,12,14H,6H2/t8-,9+,10-,12+/m1/s1. The number of fused-ring (bicyclic) bond motifs is 1. The number of carbonyl (C=O) groups is 1. The Morgan fingerprint density at radius 3 is 2.59 bits per heavy atom. The summed E-state index contributed by atoms with van der Waals surface area (Å²) in [4.78, 5) is 11.6. The van der Waals surface area contributed by atoms with E-state index in [0.29, 0.717) is 5.56 Å². The second-order valence-electron chi connectivity index (χ2n) is 4.09. The maximum absolute atomic E-state index is 11.6. The largest absolute Gasteiger partial charge is 0.459 e. The van der Waals surface area contributed by atoms with E-state index in [0.717, 1.165) is 0 Å². The van der Waals surface area contributed by atoms with Crippen LogP contribution in [0.3, 0.4) is 0 Å². The minimum absolute atomic E-state index is 0.103. The molecule has 5 nitrogen and oxygen atoms in total. The molecule has 2 fully saturated rings. The molecule has 0 amide bonds. The van der Waals surface area contributed by atoms with Crippen LogP contribution in [0.25, 0.3) is 0 Å². The molecule has 0 spiro atoms. The number of aliphatic hydroxyl groups excluding tert-OH is 1. The van der Waals surface area contributed by atoms with Crippen LogP contribution in [-0.4, -0.2) is 42.3 Å². The molecule has 1 aromatic carbocycles. The fourth-order valence-corrected chi connectivity index (χ4v) is 1.95. The van der Waals surface area contributed by atoms with Crippen LogP contribution < -0.4 is 0 Å². The van der Waals surface area contributed by atoms with Gasteiger partial charge in [-0.3, -0.25) is 0 Å². The van der Waals surface area contributed by atoms with Gasteiger partial charge in [-0.2, -0.15) is 0 Å². The van der Waals surface area contributed by atoms with Gasteiger partial charge in [0.15, 0.2) is 6.29 Å². The molecule has 4 atom stereocenters. The Morgan fingerprint density at radius 2 is 2.00 bits per heavy atom. The Bertz CT molecular complexity index is 418. The summed E-state index contributed by atoms with van der Waals surface area (Å²) in [6.45, 7) is 0.103. The third-order valence-electron chi connectivity index (χ3n) is 2.91. The van der Waals surface area contributed by atoms with Crippen molar-refractivity contribution in [1.29, 1.82) is 0 Å². The fourth-order valence-electron chi connectivity index (χ4n) is 1.95. The number of benzene rings is 1. The summed E-state index contributed by atoms with van der Waals surface area (Å²) in [5, 5.41) is 9.30. The van der Waals surface area contributed by atoms with Gasteiger partial charge in [-0.1, -0.05) is 18.2 Å². The van der Waals surface area contributed by atoms with Crippen LogP contribution in [0.1, 0.15) is 10.4 Å². The van der Waals surface area contributed by atoms with Crippen molar-refractivity contribution in [2.75, 3.05) is 6.61 Å². The van der Waals surface area contributed by atoms with Crippen LogP contribution >= 0.6 is 0 Å². The SMILES string of the molecule is O=C(OC[C@H]1O[C@H](O)[C@@H]2O[C@H]21)c1ccccc1. The lowest BCUT2D eigenvalue weighted by atomic mass is 10.2. The molecule has 90 valence electrons. The quantitative estimate of drug-likeness (QED) is 0.605. The minimum Gasteiger partial charge on any atom is -0.459 e. The number of ether oxygens (including phenoxy) is 3. The second-order valence-corrected chi connectivity index (χ2v) is 4.09. The Hall–Kier alpha value is -1.43. The topological polar surface area (TPSA) is 68.3 Å². The molecular weight excluding hydrogens is 224 g/mol. The molecule has 0 aromatic heterocycles. The van der Waals surface area contributed by atoms with Crippen molar-refractivity contribution in [3.05, 3.63) is 35.9 Å². The van der Waals surface area contributed by atoms with E-state index < -0.39 is 12.3 Å².